The summed E-state index contributed by atoms with van der Waals surface area (Å²) in [6.07, 6.45) is 4.61. The van der Waals surface area contributed by atoms with Gasteiger partial charge in [0.05, 0.1) is 11.7 Å². The lowest BCUT2D eigenvalue weighted by Gasteiger charge is -2.28. The highest BCUT2D eigenvalue weighted by Crippen LogP contribution is 2.20. The molecule has 1 unspecified atom stereocenters. The van der Waals surface area contributed by atoms with E-state index in [2.05, 4.69) is 21.9 Å². The maximum Gasteiger partial charge on any atom is 0.396 e. The van der Waals surface area contributed by atoms with E-state index < -0.39 is 0 Å². The van der Waals surface area contributed by atoms with Crippen LogP contribution in [-0.4, -0.2) is 33.2 Å². The van der Waals surface area contributed by atoms with Crippen molar-refractivity contribution in [2.75, 3.05) is 13.7 Å². The summed E-state index contributed by atoms with van der Waals surface area (Å²) >= 11 is 0. The SMILES string of the molecule is CO[B]NC1CC2=CCNC=C2NC1=O. The molecular formula is C9H13BN3O2. The number of piperidine rings is 1. The highest BCUT2D eigenvalue weighted by molar-refractivity contribution is 6.24. The largest absolute Gasteiger partial charge is 0.427 e. The number of carbonyl (C=O) groups excluding carboxylic acids is 1. The summed E-state index contributed by atoms with van der Waals surface area (Å²) in [6, 6.07) is -0.244. The maximum absolute atomic E-state index is 11.6. The summed E-state index contributed by atoms with van der Waals surface area (Å²) < 4.78 is 4.77. The van der Waals surface area contributed by atoms with Gasteiger partial charge in [0.2, 0.25) is 5.91 Å². The standard InChI is InChI=1S/C9H13BN3O2/c1-15-10-13-7-4-6-2-3-11-5-8(6)12-9(7)14/h2,5,7,11,13H,3-4H2,1H3,(H,12,14). The Morgan fingerprint density at radius 1 is 1.67 bits per heavy atom. The predicted molar refractivity (Wildman–Crippen MR) is 56.6 cm³/mol. The minimum absolute atomic E-state index is 0.0320. The third kappa shape index (κ3) is 2.22. The van der Waals surface area contributed by atoms with Crippen LogP contribution in [0, 0.1) is 0 Å². The van der Waals surface area contributed by atoms with Gasteiger partial charge in [0, 0.05) is 19.9 Å². The van der Waals surface area contributed by atoms with Crippen LogP contribution < -0.4 is 15.9 Å². The number of dihydropyridines is 1. The molecule has 2 heterocycles. The fraction of sp³-hybridized carbons (Fsp3) is 0.444. The summed E-state index contributed by atoms with van der Waals surface area (Å²) in [6.45, 7) is 0.815. The molecule has 1 saturated heterocycles. The molecule has 0 aromatic carbocycles. The Labute approximate surface area is 89.2 Å². The molecule has 15 heavy (non-hydrogen) atoms. The number of carbonyl (C=O) groups is 1. The zero-order valence-corrected chi connectivity index (χ0v) is 8.54. The van der Waals surface area contributed by atoms with Crippen molar-refractivity contribution in [3.8, 4) is 0 Å². The van der Waals surface area contributed by atoms with E-state index >= 15 is 0 Å². The van der Waals surface area contributed by atoms with E-state index in [9.17, 15) is 4.79 Å². The highest BCUT2D eigenvalue weighted by atomic mass is 16.4. The van der Waals surface area contributed by atoms with E-state index in [4.69, 9.17) is 4.65 Å². The molecule has 2 aliphatic rings. The van der Waals surface area contributed by atoms with Crippen molar-refractivity contribution in [2.24, 2.45) is 0 Å². The molecule has 2 rings (SSSR count). The average molecular weight is 206 g/mol. The zero-order valence-electron chi connectivity index (χ0n) is 8.54. The van der Waals surface area contributed by atoms with Gasteiger partial charge in [-0.25, -0.2) is 0 Å². The number of allylic oxidation sites excluding steroid dienone is 1. The maximum atomic E-state index is 11.6. The van der Waals surface area contributed by atoms with Crippen LogP contribution >= 0.6 is 0 Å². The summed E-state index contributed by atoms with van der Waals surface area (Å²) in [4.78, 5) is 11.6. The minimum Gasteiger partial charge on any atom is -0.427 e. The van der Waals surface area contributed by atoms with Gasteiger partial charge in [-0.1, -0.05) is 6.08 Å². The number of amides is 1. The quantitative estimate of drug-likeness (QED) is 0.519. The Morgan fingerprint density at radius 2 is 2.53 bits per heavy atom. The summed E-state index contributed by atoms with van der Waals surface area (Å²) in [5.74, 6) is -0.0320. The lowest BCUT2D eigenvalue weighted by molar-refractivity contribution is -0.122. The Balaban J connectivity index is 2.02. The van der Waals surface area contributed by atoms with Crippen LogP contribution in [-0.2, 0) is 9.45 Å². The van der Waals surface area contributed by atoms with Crippen LogP contribution in [0.25, 0.3) is 0 Å². The Hall–Kier alpha value is -1.27. The predicted octanol–water partition coefficient (Wildman–Crippen LogP) is -0.984. The molecule has 6 heteroatoms. The molecule has 0 spiro atoms. The Kier molecular flexibility index (Phi) is 3.08. The molecule has 0 saturated carbocycles. The van der Waals surface area contributed by atoms with Crippen LogP contribution in [0.5, 0.6) is 0 Å². The molecule has 1 fully saturated rings. The molecule has 0 bridgehead atoms. The Morgan fingerprint density at radius 3 is 3.33 bits per heavy atom. The van der Waals surface area contributed by atoms with Gasteiger partial charge in [-0.2, -0.15) is 0 Å². The highest BCUT2D eigenvalue weighted by Gasteiger charge is 2.28. The van der Waals surface area contributed by atoms with Gasteiger partial charge < -0.3 is 20.5 Å². The van der Waals surface area contributed by atoms with Crippen molar-refractivity contribution in [2.45, 2.75) is 12.5 Å². The first-order chi connectivity index (χ1) is 7.31. The van der Waals surface area contributed by atoms with Gasteiger partial charge in [-0.15, -0.1) is 0 Å². The molecule has 5 nitrogen and oxygen atoms in total. The number of fused-ring (bicyclic) bond motifs is 1. The van der Waals surface area contributed by atoms with Crippen LogP contribution in [0.1, 0.15) is 6.42 Å². The first-order valence-electron chi connectivity index (χ1n) is 4.85. The van der Waals surface area contributed by atoms with Gasteiger partial charge in [-0.3, -0.25) is 4.79 Å². The molecule has 1 atom stereocenters. The van der Waals surface area contributed by atoms with Crippen molar-refractivity contribution >= 4 is 13.5 Å². The third-order valence-corrected chi connectivity index (χ3v) is 2.44. The van der Waals surface area contributed by atoms with Crippen molar-refractivity contribution in [3.05, 3.63) is 23.5 Å². The molecule has 0 aliphatic carbocycles. The Bertz CT molecular complexity index is 327. The number of hydrogen-bond donors (Lipinski definition) is 3. The van der Waals surface area contributed by atoms with E-state index in [0.717, 1.165) is 17.8 Å². The zero-order chi connectivity index (χ0) is 10.7. The van der Waals surface area contributed by atoms with Crippen molar-refractivity contribution in [1.82, 2.24) is 15.9 Å². The van der Waals surface area contributed by atoms with Gasteiger partial charge in [0.1, 0.15) is 0 Å². The lowest BCUT2D eigenvalue weighted by atomic mass is 9.95. The fourth-order valence-electron chi connectivity index (χ4n) is 1.67. The number of hydrogen-bond acceptors (Lipinski definition) is 4. The fourth-order valence-corrected chi connectivity index (χ4v) is 1.67. The van der Waals surface area contributed by atoms with Gasteiger partial charge in [0.15, 0.2) is 0 Å². The minimum atomic E-state index is -0.244. The monoisotopic (exact) mass is 206 g/mol. The van der Waals surface area contributed by atoms with Crippen LogP contribution in [0.15, 0.2) is 23.5 Å². The topological polar surface area (TPSA) is 62.4 Å². The van der Waals surface area contributed by atoms with Crippen LogP contribution in [0.2, 0.25) is 0 Å². The second-order valence-corrected chi connectivity index (χ2v) is 3.46. The average Bonchev–Trinajstić information content (AvgIpc) is 2.26. The first-order valence-corrected chi connectivity index (χ1v) is 4.85. The van der Waals surface area contributed by atoms with Crippen LogP contribution in [0.4, 0.5) is 0 Å². The molecule has 3 N–H and O–H groups in total. The van der Waals surface area contributed by atoms with E-state index in [-0.39, 0.29) is 11.9 Å². The normalized spacial score (nSPS) is 24.3. The van der Waals surface area contributed by atoms with Crippen molar-refractivity contribution in [1.29, 1.82) is 0 Å². The van der Waals surface area contributed by atoms with Gasteiger partial charge in [0.25, 0.3) is 0 Å². The van der Waals surface area contributed by atoms with Gasteiger partial charge >= 0.3 is 7.62 Å². The van der Waals surface area contributed by atoms with E-state index in [1.165, 1.54) is 7.62 Å². The van der Waals surface area contributed by atoms with E-state index in [1.54, 1.807) is 7.11 Å². The molecule has 0 aromatic heterocycles. The number of rotatable bonds is 3. The summed E-state index contributed by atoms with van der Waals surface area (Å²) in [5.41, 5.74) is 2.04. The molecule has 1 radical (unpaired) electrons. The number of nitrogens with one attached hydrogen (secondary N) is 3. The molecule has 79 valence electrons. The molecular weight excluding hydrogens is 193 g/mol. The van der Waals surface area contributed by atoms with Gasteiger partial charge in [-0.05, 0) is 12.0 Å². The van der Waals surface area contributed by atoms with E-state index in [1.807, 2.05) is 6.20 Å². The van der Waals surface area contributed by atoms with Crippen LogP contribution in [0.3, 0.4) is 0 Å². The van der Waals surface area contributed by atoms with E-state index in [0.29, 0.717) is 6.42 Å². The first kappa shape index (κ1) is 10.3. The summed E-state index contributed by atoms with van der Waals surface area (Å²) in [7, 11) is 2.98. The molecule has 0 aromatic rings. The smallest absolute Gasteiger partial charge is 0.396 e. The molecule has 2 aliphatic heterocycles. The lowest BCUT2D eigenvalue weighted by Crippen LogP contribution is -2.50. The second-order valence-electron chi connectivity index (χ2n) is 3.46. The second kappa shape index (κ2) is 4.50. The molecule has 1 amide bonds. The van der Waals surface area contributed by atoms with Crippen molar-refractivity contribution in [3.63, 3.8) is 0 Å². The third-order valence-electron chi connectivity index (χ3n) is 2.44. The summed E-state index contributed by atoms with van der Waals surface area (Å²) in [5, 5.41) is 8.79. The van der Waals surface area contributed by atoms with Crippen molar-refractivity contribution < 1.29 is 9.45 Å².